The number of hydrogen-bond donors (Lipinski definition) is 1. The summed E-state index contributed by atoms with van der Waals surface area (Å²) in [6.07, 6.45) is 21.3. The van der Waals surface area contributed by atoms with Crippen LogP contribution in [-0.4, -0.2) is 9.67 Å². The second kappa shape index (κ2) is 11.8. The first-order valence-electron chi connectivity index (χ1n) is 13.0. The number of nitrogens with zero attached hydrogens (tertiary/aromatic N) is 1. The molecule has 0 saturated heterocycles. The molecule has 0 fully saturated rings. The Bertz CT molecular complexity index is 1370. The molecule has 0 amide bonds. The number of fused-ring (bicyclic) bond motifs is 1. The van der Waals surface area contributed by atoms with Gasteiger partial charge in [-0.1, -0.05) is 99.7 Å². The summed E-state index contributed by atoms with van der Waals surface area (Å²) in [6.45, 7) is 8.70. The van der Waals surface area contributed by atoms with Crippen LogP contribution in [0.3, 0.4) is 0 Å². The number of aliphatic hydroxyl groups is 1. The van der Waals surface area contributed by atoms with Crippen molar-refractivity contribution in [3.05, 3.63) is 131 Å². The lowest BCUT2D eigenvalue weighted by molar-refractivity contribution is 0.511. The van der Waals surface area contributed by atoms with Gasteiger partial charge in [-0.05, 0) is 71.2 Å². The Kier molecular flexibility index (Phi) is 8.28. The van der Waals surface area contributed by atoms with E-state index < -0.39 is 0 Å². The average Bonchev–Trinajstić information content (AvgIpc) is 3.06. The van der Waals surface area contributed by atoms with Crippen molar-refractivity contribution in [1.82, 2.24) is 4.57 Å². The van der Waals surface area contributed by atoms with Crippen LogP contribution >= 0.6 is 0 Å². The van der Waals surface area contributed by atoms with Gasteiger partial charge in [0.05, 0.1) is 0 Å². The van der Waals surface area contributed by atoms with Gasteiger partial charge < -0.3 is 9.67 Å². The Balaban J connectivity index is 1.67. The van der Waals surface area contributed by atoms with Crippen LogP contribution in [0.1, 0.15) is 49.8 Å². The number of aryl methyl sites for hydroxylation is 2. The lowest BCUT2D eigenvalue weighted by Crippen LogP contribution is -1.94. The van der Waals surface area contributed by atoms with Gasteiger partial charge in [-0.2, -0.15) is 0 Å². The fourth-order valence-corrected chi connectivity index (χ4v) is 4.69. The Labute approximate surface area is 216 Å². The molecule has 36 heavy (non-hydrogen) atoms. The van der Waals surface area contributed by atoms with Gasteiger partial charge in [0, 0.05) is 29.7 Å². The average molecular weight is 476 g/mol. The summed E-state index contributed by atoms with van der Waals surface area (Å²) in [5, 5.41) is 12.2. The van der Waals surface area contributed by atoms with Crippen molar-refractivity contribution in [2.75, 3.05) is 0 Å². The highest BCUT2D eigenvalue weighted by Gasteiger charge is 2.11. The molecule has 1 aliphatic rings. The van der Waals surface area contributed by atoms with Crippen LogP contribution in [0.4, 0.5) is 0 Å². The van der Waals surface area contributed by atoms with Gasteiger partial charge >= 0.3 is 0 Å². The smallest absolute Gasteiger partial charge is 0.123 e. The third kappa shape index (κ3) is 6.07. The van der Waals surface area contributed by atoms with E-state index in [-0.39, 0.29) is 5.76 Å². The molecule has 0 aliphatic heterocycles. The van der Waals surface area contributed by atoms with E-state index in [9.17, 15) is 5.11 Å². The summed E-state index contributed by atoms with van der Waals surface area (Å²) in [5.74, 6) is 0.925. The van der Waals surface area contributed by atoms with Gasteiger partial charge in [0.1, 0.15) is 5.76 Å². The number of aromatic nitrogens is 1. The molecule has 1 unspecified atom stereocenters. The van der Waals surface area contributed by atoms with Crippen molar-refractivity contribution in [2.24, 2.45) is 13.0 Å². The predicted molar refractivity (Wildman–Crippen MR) is 156 cm³/mol. The molecule has 0 saturated carbocycles. The zero-order valence-electron chi connectivity index (χ0n) is 21.7. The SMILES string of the molecule is C=C(/C=C/c1cn(C)c2ccccc12)/C=C(\C=C(/O)c1ccc(CC)cc1)C1=CCC(CC)CC=C1. The molecule has 3 aromatic rings. The molecule has 184 valence electrons. The van der Waals surface area contributed by atoms with Crippen LogP contribution in [-0.2, 0) is 13.5 Å². The maximum Gasteiger partial charge on any atom is 0.123 e. The first-order valence-corrected chi connectivity index (χ1v) is 13.0. The quantitative estimate of drug-likeness (QED) is 0.255. The molecule has 2 heteroatoms. The van der Waals surface area contributed by atoms with Crippen LogP contribution in [0, 0.1) is 5.92 Å². The highest BCUT2D eigenvalue weighted by atomic mass is 16.3. The molecule has 1 aromatic heterocycles. The fraction of sp³-hybridized carbons (Fsp3) is 0.235. The molecule has 1 heterocycles. The second-order valence-electron chi connectivity index (χ2n) is 9.61. The van der Waals surface area contributed by atoms with Crippen LogP contribution < -0.4 is 0 Å². The number of allylic oxidation sites excluding steroid dienone is 9. The molecule has 4 rings (SSSR count). The van der Waals surface area contributed by atoms with E-state index in [4.69, 9.17) is 0 Å². The van der Waals surface area contributed by atoms with Gasteiger partial charge in [0.25, 0.3) is 0 Å². The zero-order valence-corrected chi connectivity index (χ0v) is 21.7. The third-order valence-corrected chi connectivity index (χ3v) is 7.04. The minimum absolute atomic E-state index is 0.264. The van der Waals surface area contributed by atoms with E-state index in [0.717, 1.165) is 47.1 Å². The number of para-hydroxylation sites is 1. The second-order valence-corrected chi connectivity index (χ2v) is 9.61. The summed E-state index contributed by atoms with van der Waals surface area (Å²) in [5.41, 5.74) is 7.43. The van der Waals surface area contributed by atoms with Gasteiger partial charge in [0.2, 0.25) is 0 Å². The van der Waals surface area contributed by atoms with Crippen molar-refractivity contribution in [3.63, 3.8) is 0 Å². The van der Waals surface area contributed by atoms with Crippen molar-refractivity contribution < 1.29 is 5.11 Å². The van der Waals surface area contributed by atoms with E-state index in [1.165, 1.54) is 22.9 Å². The third-order valence-electron chi connectivity index (χ3n) is 7.04. The standard InChI is InChI=1S/C34H37NO/c1-5-26-10-9-11-28(19-15-26)31(23-34(36)29-20-16-27(6-2)17-21-29)22-25(3)14-18-30-24-35(4)33-13-8-7-12-32(30)33/h7-9,11-14,16-24,26,36H,3,5-6,10,15H2,1-2,4H3/b18-14+,31-22+,34-23-. The lowest BCUT2D eigenvalue weighted by Gasteiger charge is -2.09. The molecule has 0 radical (unpaired) electrons. The molecule has 2 aromatic carbocycles. The molecule has 1 N–H and O–H groups in total. The maximum absolute atomic E-state index is 11.0. The van der Waals surface area contributed by atoms with Gasteiger partial charge in [0.15, 0.2) is 0 Å². The van der Waals surface area contributed by atoms with E-state index in [1.807, 2.05) is 18.2 Å². The summed E-state index contributed by atoms with van der Waals surface area (Å²) in [6, 6.07) is 16.5. The number of hydrogen-bond acceptors (Lipinski definition) is 1. The van der Waals surface area contributed by atoms with Crippen molar-refractivity contribution >= 4 is 22.7 Å². The van der Waals surface area contributed by atoms with Crippen molar-refractivity contribution in [3.8, 4) is 0 Å². The summed E-state index contributed by atoms with van der Waals surface area (Å²) in [7, 11) is 2.07. The zero-order chi connectivity index (χ0) is 25.5. The minimum Gasteiger partial charge on any atom is -0.507 e. The monoisotopic (exact) mass is 475 g/mol. The van der Waals surface area contributed by atoms with Crippen LogP contribution in [0.15, 0.2) is 114 Å². The Morgan fingerprint density at radius 3 is 2.58 bits per heavy atom. The number of benzene rings is 2. The van der Waals surface area contributed by atoms with Crippen LogP contribution in [0.25, 0.3) is 22.7 Å². The molecule has 0 spiro atoms. The van der Waals surface area contributed by atoms with Gasteiger partial charge in [-0.3, -0.25) is 0 Å². The summed E-state index contributed by atoms with van der Waals surface area (Å²) < 4.78 is 2.15. The predicted octanol–water partition coefficient (Wildman–Crippen LogP) is 9.14. The molecule has 2 nitrogen and oxygen atoms in total. The molecule has 1 atom stereocenters. The molecule has 1 aliphatic carbocycles. The van der Waals surface area contributed by atoms with Crippen LogP contribution in [0.5, 0.6) is 0 Å². The summed E-state index contributed by atoms with van der Waals surface area (Å²) in [4.78, 5) is 0. The Hall–Kier alpha value is -3.78. The van der Waals surface area contributed by atoms with E-state index in [1.54, 1.807) is 0 Å². The normalized spacial score (nSPS) is 17.0. The van der Waals surface area contributed by atoms with E-state index in [0.29, 0.717) is 5.92 Å². The van der Waals surface area contributed by atoms with Crippen molar-refractivity contribution in [1.29, 1.82) is 0 Å². The first kappa shape index (κ1) is 25.3. The van der Waals surface area contributed by atoms with Crippen molar-refractivity contribution in [2.45, 2.75) is 39.5 Å². The Morgan fingerprint density at radius 2 is 1.83 bits per heavy atom. The number of rotatable bonds is 8. The Morgan fingerprint density at radius 1 is 1.06 bits per heavy atom. The highest BCUT2D eigenvalue weighted by molar-refractivity contribution is 5.89. The van der Waals surface area contributed by atoms with Crippen LogP contribution in [0.2, 0.25) is 0 Å². The van der Waals surface area contributed by atoms with Gasteiger partial charge in [-0.15, -0.1) is 0 Å². The van der Waals surface area contributed by atoms with Gasteiger partial charge in [-0.25, -0.2) is 0 Å². The summed E-state index contributed by atoms with van der Waals surface area (Å²) >= 11 is 0. The topological polar surface area (TPSA) is 25.2 Å². The first-order chi connectivity index (χ1) is 17.5. The fourth-order valence-electron chi connectivity index (χ4n) is 4.69. The lowest BCUT2D eigenvalue weighted by atomic mass is 9.97. The minimum atomic E-state index is 0.264. The largest absolute Gasteiger partial charge is 0.507 e. The van der Waals surface area contributed by atoms with E-state index in [2.05, 4.69) is 111 Å². The molecular weight excluding hydrogens is 438 g/mol. The number of aliphatic hydroxyl groups excluding tert-OH is 1. The molecular formula is C34H37NO. The highest BCUT2D eigenvalue weighted by Crippen LogP contribution is 2.28. The van der Waals surface area contributed by atoms with E-state index >= 15 is 0 Å². The maximum atomic E-state index is 11.0. The molecule has 0 bridgehead atoms.